The molecule has 0 bridgehead atoms. The molecule has 1 rings (SSSR count). The molecule has 0 aromatic heterocycles. The van der Waals surface area contributed by atoms with E-state index in [9.17, 15) is 0 Å². The molecule has 0 amide bonds. The minimum absolute atomic E-state index is 1.21. The third kappa shape index (κ3) is 6.94. The van der Waals surface area contributed by atoms with E-state index >= 15 is 0 Å². The zero-order valence-electron chi connectivity index (χ0n) is 9.18. The van der Waals surface area contributed by atoms with Gasteiger partial charge < -0.3 is 0 Å². The summed E-state index contributed by atoms with van der Waals surface area (Å²) in [5.74, 6) is 2.51. The molecule has 1 heteroatoms. The molecular weight excluding hydrogens is 176 g/mol. The van der Waals surface area contributed by atoms with Gasteiger partial charge in [0.25, 0.3) is 0 Å². The van der Waals surface area contributed by atoms with Gasteiger partial charge in [0.2, 0.25) is 0 Å². The number of hydrogen-bond acceptors (Lipinski definition) is 1. The van der Waals surface area contributed by atoms with Crippen molar-refractivity contribution in [2.75, 3.05) is 11.5 Å². The second kappa shape index (κ2) is 9.91. The first-order valence-corrected chi connectivity index (χ1v) is 6.52. The highest BCUT2D eigenvalue weighted by Gasteiger charge is 1.96. The third-order valence-corrected chi connectivity index (χ3v) is 2.92. The normalized spacial score (nSPS) is 14.5. The molecule has 0 saturated heterocycles. The van der Waals surface area contributed by atoms with Crippen LogP contribution < -0.4 is 0 Å². The Labute approximate surface area is 87.5 Å². The van der Waals surface area contributed by atoms with Crippen LogP contribution in [0.3, 0.4) is 0 Å². The Morgan fingerprint density at radius 2 is 2.08 bits per heavy atom. The van der Waals surface area contributed by atoms with Crippen molar-refractivity contribution in [2.24, 2.45) is 0 Å². The van der Waals surface area contributed by atoms with Gasteiger partial charge in [-0.05, 0) is 30.6 Å². The van der Waals surface area contributed by atoms with Gasteiger partial charge in [0.05, 0.1) is 0 Å². The zero-order valence-corrected chi connectivity index (χ0v) is 9.99. The Balaban J connectivity index is 0.000000671. The van der Waals surface area contributed by atoms with Crippen LogP contribution in [0.2, 0.25) is 0 Å². The maximum Gasteiger partial charge on any atom is 0.0181 e. The van der Waals surface area contributed by atoms with Crippen LogP contribution in [0.15, 0.2) is 23.8 Å². The van der Waals surface area contributed by atoms with E-state index in [0.29, 0.717) is 0 Å². The number of allylic oxidation sites excluding steroid dienone is 3. The highest BCUT2D eigenvalue weighted by molar-refractivity contribution is 7.99. The summed E-state index contributed by atoms with van der Waals surface area (Å²) < 4.78 is 0. The molecule has 0 atom stereocenters. The van der Waals surface area contributed by atoms with Crippen molar-refractivity contribution >= 4 is 11.8 Å². The van der Waals surface area contributed by atoms with Gasteiger partial charge in [0.15, 0.2) is 0 Å². The van der Waals surface area contributed by atoms with E-state index < -0.39 is 0 Å². The van der Waals surface area contributed by atoms with Crippen molar-refractivity contribution in [3.05, 3.63) is 23.8 Å². The van der Waals surface area contributed by atoms with Gasteiger partial charge in [-0.3, -0.25) is 0 Å². The molecule has 0 aromatic carbocycles. The lowest BCUT2D eigenvalue weighted by molar-refractivity contribution is 1.02. The van der Waals surface area contributed by atoms with Crippen molar-refractivity contribution in [1.29, 1.82) is 0 Å². The smallest absolute Gasteiger partial charge is 0.0181 e. The van der Waals surface area contributed by atoms with Crippen LogP contribution in [-0.2, 0) is 0 Å². The minimum Gasteiger partial charge on any atom is -0.157 e. The monoisotopic (exact) mass is 198 g/mol. The fraction of sp³-hybridized carbons (Fsp3) is 0.667. The van der Waals surface area contributed by atoms with E-state index in [0.717, 1.165) is 0 Å². The first-order valence-electron chi connectivity index (χ1n) is 5.37. The summed E-state index contributed by atoms with van der Waals surface area (Å²) in [6, 6.07) is 0. The Kier molecular flexibility index (Phi) is 9.78. The van der Waals surface area contributed by atoms with Crippen molar-refractivity contribution < 1.29 is 0 Å². The van der Waals surface area contributed by atoms with Crippen LogP contribution in [0.4, 0.5) is 0 Å². The molecule has 13 heavy (non-hydrogen) atoms. The van der Waals surface area contributed by atoms with E-state index in [-0.39, 0.29) is 0 Å². The summed E-state index contributed by atoms with van der Waals surface area (Å²) in [5, 5.41) is 0. The maximum absolute atomic E-state index is 2.36. The molecule has 0 spiro atoms. The molecule has 0 radical (unpaired) electrons. The molecule has 0 saturated carbocycles. The highest BCUT2D eigenvalue weighted by Crippen LogP contribution is 2.15. The molecule has 0 aliphatic heterocycles. The van der Waals surface area contributed by atoms with Crippen molar-refractivity contribution in [2.45, 2.75) is 40.0 Å². The average Bonchev–Trinajstić information content (AvgIpc) is 2.23. The Morgan fingerprint density at radius 1 is 1.31 bits per heavy atom. The average molecular weight is 198 g/mol. The van der Waals surface area contributed by atoms with Crippen LogP contribution in [0, 0.1) is 0 Å². The minimum atomic E-state index is 1.21. The summed E-state index contributed by atoms with van der Waals surface area (Å²) in [5.41, 5.74) is 1.52. The highest BCUT2D eigenvalue weighted by atomic mass is 32.2. The Bertz CT molecular complexity index is 157. The van der Waals surface area contributed by atoms with E-state index in [1.165, 1.54) is 36.3 Å². The molecular formula is C12H22S. The predicted octanol–water partition coefficient (Wildman–Crippen LogP) is 4.43. The number of thioether (sulfide) groups is 1. The molecule has 1 aliphatic carbocycles. The van der Waals surface area contributed by atoms with Gasteiger partial charge in [-0.2, -0.15) is 11.8 Å². The molecule has 1 aliphatic rings. The Hall–Kier alpha value is -0.170. The summed E-state index contributed by atoms with van der Waals surface area (Å²) in [7, 11) is 0. The van der Waals surface area contributed by atoms with Crippen LogP contribution in [0.5, 0.6) is 0 Å². The van der Waals surface area contributed by atoms with Gasteiger partial charge in [-0.15, -0.1) is 0 Å². The standard InChI is InChI=1S/C10H16S.C2H6/c1-2-8-11-9-10-6-4-3-5-7-10;1-2/h4,6-7H,2-3,5,8-9H2,1H3;1-2H3. The van der Waals surface area contributed by atoms with Crippen LogP contribution in [0.25, 0.3) is 0 Å². The quantitative estimate of drug-likeness (QED) is 0.602. The van der Waals surface area contributed by atoms with Gasteiger partial charge in [-0.25, -0.2) is 0 Å². The van der Waals surface area contributed by atoms with Gasteiger partial charge in [0, 0.05) is 5.75 Å². The first kappa shape index (κ1) is 12.8. The van der Waals surface area contributed by atoms with E-state index in [1.807, 2.05) is 25.6 Å². The third-order valence-electron chi connectivity index (χ3n) is 1.69. The first-order chi connectivity index (χ1) is 6.43. The van der Waals surface area contributed by atoms with Gasteiger partial charge >= 0.3 is 0 Å². The number of hydrogen-bond donors (Lipinski definition) is 0. The fourth-order valence-corrected chi connectivity index (χ4v) is 1.99. The molecule has 0 aromatic rings. The van der Waals surface area contributed by atoms with Crippen molar-refractivity contribution in [1.82, 2.24) is 0 Å². The maximum atomic E-state index is 2.36. The molecule has 0 heterocycles. The lowest BCUT2D eigenvalue weighted by atomic mass is 10.1. The molecule has 0 fully saturated rings. The van der Waals surface area contributed by atoms with E-state index in [2.05, 4.69) is 25.2 Å². The molecule has 0 nitrogen and oxygen atoms in total. The number of rotatable bonds is 4. The van der Waals surface area contributed by atoms with Crippen molar-refractivity contribution in [3.8, 4) is 0 Å². The molecule has 0 unspecified atom stereocenters. The van der Waals surface area contributed by atoms with Crippen LogP contribution in [0.1, 0.15) is 40.0 Å². The topological polar surface area (TPSA) is 0 Å². The second-order valence-electron chi connectivity index (χ2n) is 2.81. The van der Waals surface area contributed by atoms with Crippen molar-refractivity contribution in [3.63, 3.8) is 0 Å². The summed E-state index contributed by atoms with van der Waals surface area (Å²) in [6.07, 6.45) is 10.7. The summed E-state index contributed by atoms with van der Waals surface area (Å²) in [6.45, 7) is 6.23. The van der Waals surface area contributed by atoms with E-state index in [4.69, 9.17) is 0 Å². The Morgan fingerprint density at radius 3 is 2.62 bits per heavy atom. The summed E-state index contributed by atoms with van der Waals surface area (Å²) in [4.78, 5) is 0. The van der Waals surface area contributed by atoms with Crippen LogP contribution >= 0.6 is 11.8 Å². The fourth-order valence-electron chi connectivity index (χ4n) is 1.11. The van der Waals surface area contributed by atoms with E-state index in [1.54, 1.807) is 0 Å². The lowest BCUT2D eigenvalue weighted by Gasteiger charge is -2.05. The van der Waals surface area contributed by atoms with Gasteiger partial charge in [0.1, 0.15) is 0 Å². The molecule has 76 valence electrons. The molecule has 0 N–H and O–H groups in total. The predicted molar refractivity (Wildman–Crippen MR) is 65.4 cm³/mol. The van der Waals surface area contributed by atoms with Crippen LogP contribution in [-0.4, -0.2) is 11.5 Å². The lowest BCUT2D eigenvalue weighted by Crippen LogP contribution is -1.89. The largest absolute Gasteiger partial charge is 0.157 e. The second-order valence-corrected chi connectivity index (χ2v) is 3.92. The SMILES string of the molecule is CC.CCCSCC1=CCCC=C1. The zero-order chi connectivity index (χ0) is 9.94. The van der Waals surface area contributed by atoms with Gasteiger partial charge in [-0.1, -0.05) is 39.0 Å². The summed E-state index contributed by atoms with van der Waals surface area (Å²) >= 11 is 2.04.